The Balaban J connectivity index is 1.72. The summed E-state index contributed by atoms with van der Waals surface area (Å²) in [6.07, 6.45) is 25.6. The SMILES string of the molecule is O=C(O)CCCCCCCCCCCCCCCCC(O)C1CCCCC1. The molecule has 1 aliphatic carbocycles. The van der Waals surface area contributed by atoms with Crippen LogP contribution in [0.4, 0.5) is 0 Å². The van der Waals surface area contributed by atoms with E-state index in [0.29, 0.717) is 12.3 Å². The molecule has 2 N–H and O–H groups in total. The van der Waals surface area contributed by atoms with Crippen LogP contribution in [0.2, 0.25) is 0 Å². The highest BCUT2D eigenvalue weighted by atomic mass is 16.4. The molecular weight excluding hydrogens is 336 g/mol. The molecule has 0 saturated heterocycles. The molecule has 1 saturated carbocycles. The summed E-state index contributed by atoms with van der Waals surface area (Å²) in [6.45, 7) is 0. The van der Waals surface area contributed by atoms with Crippen molar-refractivity contribution in [3.05, 3.63) is 0 Å². The van der Waals surface area contributed by atoms with Crippen LogP contribution in [0.25, 0.3) is 0 Å². The largest absolute Gasteiger partial charge is 0.481 e. The molecule has 0 aromatic carbocycles. The highest BCUT2D eigenvalue weighted by molar-refractivity contribution is 5.66. The van der Waals surface area contributed by atoms with Gasteiger partial charge in [-0.3, -0.25) is 4.79 Å². The van der Waals surface area contributed by atoms with E-state index >= 15 is 0 Å². The van der Waals surface area contributed by atoms with Crippen LogP contribution < -0.4 is 0 Å². The molecule has 0 heterocycles. The van der Waals surface area contributed by atoms with Gasteiger partial charge in [0.25, 0.3) is 0 Å². The van der Waals surface area contributed by atoms with Gasteiger partial charge in [0.1, 0.15) is 0 Å². The molecule has 3 nitrogen and oxygen atoms in total. The van der Waals surface area contributed by atoms with Gasteiger partial charge in [0.2, 0.25) is 0 Å². The second-order valence-electron chi connectivity index (χ2n) is 8.85. The molecule has 160 valence electrons. The Bertz CT molecular complexity index is 337. The van der Waals surface area contributed by atoms with Gasteiger partial charge in [0.15, 0.2) is 0 Å². The number of carboxylic acids is 1. The second-order valence-corrected chi connectivity index (χ2v) is 8.85. The Kier molecular flexibility index (Phi) is 15.9. The molecule has 0 bridgehead atoms. The lowest BCUT2D eigenvalue weighted by Gasteiger charge is -2.26. The van der Waals surface area contributed by atoms with Crippen LogP contribution in [-0.4, -0.2) is 22.3 Å². The average Bonchev–Trinajstić information content (AvgIpc) is 2.68. The van der Waals surface area contributed by atoms with Crippen LogP contribution in [0.5, 0.6) is 0 Å². The summed E-state index contributed by atoms with van der Waals surface area (Å²) in [6, 6.07) is 0. The van der Waals surface area contributed by atoms with Gasteiger partial charge in [-0.25, -0.2) is 0 Å². The molecule has 0 radical (unpaired) electrons. The first-order valence-corrected chi connectivity index (χ1v) is 12.1. The van der Waals surface area contributed by atoms with E-state index in [1.807, 2.05) is 0 Å². The van der Waals surface area contributed by atoms with E-state index in [4.69, 9.17) is 5.11 Å². The third-order valence-corrected chi connectivity index (χ3v) is 6.33. The summed E-state index contributed by atoms with van der Waals surface area (Å²) in [5.74, 6) is -0.0597. The topological polar surface area (TPSA) is 57.5 Å². The van der Waals surface area contributed by atoms with E-state index in [0.717, 1.165) is 19.3 Å². The summed E-state index contributed by atoms with van der Waals surface area (Å²) >= 11 is 0. The lowest BCUT2D eigenvalue weighted by molar-refractivity contribution is -0.137. The monoisotopic (exact) mass is 382 g/mol. The van der Waals surface area contributed by atoms with Gasteiger partial charge in [0.05, 0.1) is 6.10 Å². The molecule has 1 fully saturated rings. The van der Waals surface area contributed by atoms with Gasteiger partial charge in [0, 0.05) is 6.42 Å². The number of carbonyl (C=O) groups is 1. The zero-order valence-electron chi connectivity index (χ0n) is 17.8. The zero-order valence-corrected chi connectivity index (χ0v) is 17.8. The van der Waals surface area contributed by atoms with E-state index in [9.17, 15) is 9.90 Å². The van der Waals surface area contributed by atoms with Gasteiger partial charge >= 0.3 is 5.97 Å². The van der Waals surface area contributed by atoms with Crippen molar-refractivity contribution in [3.63, 3.8) is 0 Å². The lowest BCUT2D eigenvalue weighted by atomic mass is 9.83. The number of hydrogen-bond donors (Lipinski definition) is 2. The fourth-order valence-corrected chi connectivity index (χ4v) is 4.51. The van der Waals surface area contributed by atoms with Crippen molar-refractivity contribution >= 4 is 5.97 Å². The summed E-state index contributed by atoms with van der Waals surface area (Å²) < 4.78 is 0. The molecular formula is C24H46O3. The van der Waals surface area contributed by atoms with Crippen molar-refractivity contribution in [2.45, 2.75) is 141 Å². The number of aliphatic hydroxyl groups is 1. The maximum atomic E-state index is 10.4. The third kappa shape index (κ3) is 15.1. The number of unbranched alkanes of at least 4 members (excludes halogenated alkanes) is 13. The summed E-state index contributed by atoms with van der Waals surface area (Å²) in [4.78, 5) is 10.4. The molecule has 0 aliphatic heterocycles. The van der Waals surface area contributed by atoms with Crippen LogP contribution in [0.3, 0.4) is 0 Å². The highest BCUT2D eigenvalue weighted by Crippen LogP contribution is 2.28. The molecule has 1 atom stereocenters. The first-order valence-electron chi connectivity index (χ1n) is 12.1. The van der Waals surface area contributed by atoms with Crippen LogP contribution in [-0.2, 0) is 4.79 Å². The Morgan fingerprint density at radius 2 is 1.07 bits per heavy atom. The van der Waals surface area contributed by atoms with Gasteiger partial charge < -0.3 is 10.2 Å². The second kappa shape index (κ2) is 17.5. The quantitative estimate of drug-likeness (QED) is 0.245. The summed E-state index contributed by atoms with van der Waals surface area (Å²) in [7, 11) is 0. The number of rotatable bonds is 18. The predicted octanol–water partition coefficient (Wildman–Crippen LogP) is 7.25. The van der Waals surface area contributed by atoms with Crippen LogP contribution >= 0.6 is 0 Å². The third-order valence-electron chi connectivity index (χ3n) is 6.33. The number of carboxylic acid groups (broad SMARTS) is 1. The molecule has 27 heavy (non-hydrogen) atoms. The van der Waals surface area contributed by atoms with Gasteiger partial charge in [-0.15, -0.1) is 0 Å². The number of aliphatic hydroxyl groups excluding tert-OH is 1. The summed E-state index contributed by atoms with van der Waals surface area (Å²) in [5, 5.41) is 18.9. The van der Waals surface area contributed by atoms with Crippen molar-refractivity contribution < 1.29 is 15.0 Å². The first-order chi connectivity index (χ1) is 13.2. The molecule has 0 amide bonds. The molecule has 0 spiro atoms. The minimum Gasteiger partial charge on any atom is -0.481 e. The smallest absolute Gasteiger partial charge is 0.303 e. The maximum Gasteiger partial charge on any atom is 0.303 e. The average molecular weight is 383 g/mol. The fourth-order valence-electron chi connectivity index (χ4n) is 4.51. The van der Waals surface area contributed by atoms with E-state index < -0.39 is 5.97 Å². The van der Waals surface area contributed by atoms with Crippen molar-refractivity contribution in [1.29, 1.82) is 0 Å². The Labute approximate surface area is 168 Å². The Hall–Kier alpha value is -0.570. The van der Waals surface area contributed by atoms with Gasteiger partial charge in [-0.05, 0) is 31.6 Å². The lowest BCUT2D eigenvalue weighted by Crippen LogP contribution is -2.22. The standard InChI is InChI=1S/C24H46O3/c25-23(22-18-14-13-15-19-22)20-16-11-9-7-5-3-1-2-4-6-8-10-12-17-21-24(26)27/h22-23,25H,1-21H2,(H,26,27). The molecule has 1 aliphatic rings. The number of aliphatic carboxylic acids is 1. The predicted molar refractivity (Wildman–Crippen MR) is 114 cm³/mol. The van der Waals surface area contributed by atoms with Crippen molar-refractivity contribution in [2.24, 2.45) is 5.92 Å². The van der Waals surface area contributed by atoms with E-state index in [1.165, 1.54) is 109 Å². The first kappa shape index (κ1) is 24.5. The molecule has 1 unspecified atom stereocenters. The van der Waals surface area contributed by atoms with Crippen molar-refractivity contribution in [3.8, 4) is 0 Å². The highest BCUT2D eigenvalue weighted by Gasteiger charge is 2.20. The van der Waals surface area contributed by atoms with E-state index in [-0.39, 0.29) is 6.10 Å². The van der Waals surface area contributed by atoms with E-state index in [2.05, 4.69) is 0 Å². The maximum absolute atomic E-state index is 10.4. The van der Waals surface area contributed by atoms with Crippen LogP contribution in [0, 0.1) is 5.92 Å². The number of hydrogen-bond acceptors (Lipinski definition) is 2. The molecule has 0 aromatic heterocycles. The minimum absolute atomic E-state index is 0.0255. The Morgan fingerprint density at radius 3 is 1.52 bits per heavy atom. The Morgan fingerprint density at radius 1 is 0.667 bits per heavy atom. The van der Waals surface area contributed by atoms with Crippen LogP contribution in [0.1, 0.15) is 135 Å². The van der Waals surface area contributed by atoms with Crippen LogP contribution in [0.15, 0.2) is 0 Å². The zero-order chi connectivity index (χ0) is 19.6. The van der Waals surface area contributed by atoms with Crippen molar-refractivity contribution in [1.82, 2.24) is 0 Å². The van der Waals surface area contributed by atoms with Gasteiger partial charge in [-0.1, -0.05) is 103 Å². The summed E-state index contributed by atoms with van der Waals surface area (Å²) in [5.41, 5.74) is 0. The normalized spacial score (nSPS) is 16.5. The minimum atomic E-state index is -0.660. The fraction of sp³-hybridized carbons (Fsp3) is 0.958. The van der Waals surface area contributed by atoms with Gasteiger partial charge in [-0.2, -0.15) is 0 Å². The van der Waals surface area contributed by atoms with E-state index in [1.54, 1.807) is 0 Å². The molecule has 1 rings (SSSR count). The van der Waals surface area contributed by atoms with Crippen molar-refractivity contribution in [2.75, 3.05) is 0 Å². The molecule has 3 heteroatoms. The molecule has 0 aromatic rings.